The molecule has 0 aliphatic carbocycles. The Bertz CT molecular complexity index is 451. The number of nitrogens with two attached hydrogens (primary N) is 1. The van der Waals surface area contributed by atoms with Gasteiger partial charge in [0.2, 0.25) is 5.91 Å². The van der Waals surface area contributed by atoms with Crippen LogP contribution in [-0.2, 0) is 14.4 Å². The van der Waals surface area contributed by atoms with Crippen LogP contribution in [0.1, 0.15) is 19.8 Å². The van der Waals surface area contributed by atoms with E-state index in [1.807, 2.05) is 0 Å². The van der Waals surface area contributed by atoms with E-state index in [0.29, 0.717) is 6.42 Å². The molecule has 5 N–H and O–H groups in total. The number of likely N-dealkylation sites (tertiary alicyclic amines) is 1. The molecule has 0 bridgehead atoms. The van der Waals surface area contributed by atoms with E-state index >= 15 is 0 Å². The first-order valence-electron chi connectivity index (χ1n) is 5.95. The van der Waals surface area contributed by atoms with Crippen LogP contribution in [0.2, 0.25) is 0 Å². The van der Waals surface area contributed by atoms with Crippen molar-refractivity contribution in [1.29, 1.82) is 0 Å². The molecule has 2 atom stereocenters. The highest BCUT2D eigenvalue weighted by molar-refractivity contribution is 5.87. The van der Waals surface area contributed by atoms with Gasteiger partial charge in [0.15, 0.2) is 0 Å². The molecular formula is C11H17N3O6. The number of carbonyl (C=O) groups is 4. The van der Waals surface area contributed by atoms with E-state index < -0.39 is 41.8 Å². The van der Waals surface area contributed by atoms with Gasteiger partial charge in [-0.05, 0) is 13.3 Å². The van der Waals surface area contributed by atoms with Gasteiger partial charge in [0.25, 0.3) is 0 Å². The van der Waals surface area contributed by atoms with E-state index in [2.05, 4.69) is 5.32 Å². The number of primary amides is 1. The summed E-state index contributed by atoms with van der Waals surface area (Å²) in [5.41, 5.74) is 4.40. The van der Waals surface area contributed by atoms with E-state index in [9.17, 15) is 19.2 Å². The van der Waals surface area contributed by atoms with Crippen LogP contribution in [0.25, 0.3) is 0 Å². The second kappa shape index (κ2) is 5.76. The van der Waals surface area contributed by atoms with Gasteiger partial charge in [-0.2, -0.15) is 0 Å². The lowest BCUT2D eigenvalue weighted by Crippen LogP contribution is -2.49. The normalized spacial score (nSPS) is 23.1. The molecule has 1 heterocycles. The summed E-state index contributed by atoms with van der Waals surface area (Å²) in [5.74, 6) is -3.30. The highest BCUT2D eigenvalue weighted by atomic mass is 16.4. The van der Waals surface area contributed by atoms with Gasteiger partial charge in [-0.1, -0.05) is 0 Å². The molecule has 0 aromatic heterocycles. The summed E-state index contributed by atoms with van der Waals surface area (Å²) in [5, 5.41) is 19.5. The fourth-order valence-corrected chi connectivity index (χ4v) is 1.95. The van der Waals surface area contributed by atoms with Gasteiger partial charge >= 0.3 is 18.0 Å². The Morgan fingerprint density at radius 3 is 2.35 bits per heavy atom. The van der Waals surface area contributed by atoms with Gasteiger partial charge in [0.1, 0.15) is 6.04 Å². The van der Waals surface area contributed by atoms with Crippen molar-refractivity contribution in [2.45, 2.75) is 25.8 Å². The van der Waals surface area contributed by atoms with Crippen molar-refractivity contribution >= 4 is 23.9 Å². The Balaban J connectivity index is 2.65. The largest absolute Gasteiger partial charge is 0.481 e. The molecule has 0 spiro atoms. The van der Waals surface area contributed by atoms with Gasteiger partial charge in [-0.3, -0.25) is 9.59 Å². The number of hydrogen-bond acceptors (Lipinski definition) is 4. The maximum Gasteiger partial charge on any atom is 0.326 e. The predicted octanol–water partition coefficient (Wildman–Crippen LogP) is -1.18. The van der Waals surface area contributed by atoms with E-state index in [1.54, 1.807) is 6.92 Å². The minimum Gasteiger partial charge on any atom is -0.481 e. The van der Waals surface area contributed by atoms with E-state index in [-0.39, 0.29) is 13.1 Å². The average molecular weight is 287 g/mol. The minimum atomic E-state index is -1.51. The summed E-state index contributed by atoms with van der Waals surface area (Å²) in [7, 11) is 0. The Kier molecular flexibility index (Phi) is 4.53. The second-order valence-corrected chi connectivity index (χ2v) is 5.03. The van der Waals surface area contributed by atoms with Crippen molar-refractivity contribution < 1.29 is 29.4 Å². The lowest BCUT2D eigenvalue weighted by atomic mass is 9.89. The van der Waals surface area contributed by atoms with Gasteiger partial charge in [0, 0.05) is 13.1 Å². The molecule has 20 heavy (non-hydrogen) atoms. The maximum absolute atomic E-state index is 11.9. The van der Waals surface area contributed by atoms with Crippen molar-refractivity contribution in [1.82, 2.24) is 10.2 Å². The summed E-state index contributed by atoms with van der Waals surface area (Å²) < 4.78 is 0. The molecule has 1 rings (SSSR count). The lowest BCUT2D eigenvalue weighted by Gasteiger charge is -2.22. The van der Waals surface area contributed by atoms with E-state index in [4.69, 9.17) is 15.9 Å². The Morgan fingerprint density at radius 1 is 1.35 bits per heavy atom. The standard InChI is InChI=1S/C11H17N3O6/c1-11(9(12)19)2-3-14(5-11)10(20)13-6(8(17)18)4-7(15)16/h6H,2-5H2,1H3,(H2,12,19)(H,13,20)(H,15,16)(H,17,18). The predicted molar refractivity (Wildman–Crippen MR) is 65.7 cm³/mol. The number of nitrogens with one attached hydrogen (secondary N) is 1. The van der Waals surface area contributed by atoms with Gasteiger partial charge in [0.05, 0.1) is 11.8 Å². The maximum atomic E-state index is 11.9. The zero-order chi connectivity index (χ0) is 15.5. The molecule has 0 aromatic carbocycles. The Hall–Kier alpha value is -2.32. The van der Waals surface area contributed by atoms with Crippen LogP contribution in [-0.4, -0.2) is 58.1 Å². The molecule has 9 nitrogen and oxygen atoms in total. The molecule has 1 aliphatic heterocycles. The first-order chi connectivity index (χ1) is 9.15. The molecule has 1 aliphatic rings. The monoisotopic (exact) mass is 287 g/mol. The fourth-order valence-electron chi connectivity index (χ4n) is 1.95. The molecule has 0 aromatic rings. The molecule has 0 saturated carbocycles. The molecule has 112 valence electrons. The molecule has 1 fully saturated rings. The zero-order valence-electron chi connectivity index (χ0n) is 11.0. The SMILES string of the molecule is CC1(C(N)=O)CCN(C(=O)NC(CC(=O)O)C(=O)O)C1. The van der Waals surface area contributed by atoms with Crippen molar-refractivity contribution in [2.24, 2.45) is 11.1 Å². The van der Waals surface area contributed by atoms with Crippen LogP contribution in [0, 0.1) is 5.41 Å². The van der Waals surface area contributed by atoms with Crippen molar-refractivity contribution in [2.75, 3.05) is 13.1 Å². The Morgan fingerprint density at radius 2 is 1.95 bits per heavy atom. The number of carboxylic acids is 2. The number of urea groups is 1. The van der Waals surface area contributed by atoms with Crippen molar-refractivity contribution in [3.8, 4) is 0 Å². The Labute approximate surface area is 114 Å². The van der Waals surface area contributed by atoms with E-state index in [0.717, 1.165) is 0 Å². The number of amides is 3. The molecule has 0 radical (unpaired) electrons. The zero-order valence-corrected chi connectivity index (χ0v) is 11.0. The van der Waals surface area contributed by atoms with Crippen molar-refractivity contribution in [3.05, 3.63) is 0 Å². The fraction of sp³-hybridized carbons (Fsp3) is 0.636. The second-order valence-electron chi connectivity index (χ2n) is 5.03. The third-order valence-corrected chi connectivity index (χ3v) is 3.33. The van der Waals surface area contributed by atoms with Crippen LogP contribution in [0.3, 0.4) is 0 Å². The number of hydrogen-bond donors (Lipinski definition) is 4. The summed E-state index contributed by atoms with van der Waals surface area (Å²) in [6.45, 7) is 1.95. The highest BCUT2D eigenvalue weighted by Crippen LogP contribution is 2.29. The summed E-state index contributed by atoms with van der Waals surface area (Å²) in [4.78, 5) is 45.7. The quantitative estimate of drug-likeness (QED) is 0.500. The van der Waals surface area contributed by atoms with Crippen LogP contribution >= 0.6 is 0 Å². The summed E-state index contributed by atoms with van der Waals surface area (Å²) in [6, 6.07) is -2.23. The van der Waals surface area contributed by atoms with Gasteiger partial charge in [-0.25, -0.2) is 9.59 Å². The summed E-state index contributed by atoms with van der Waals surface area (Å²) in [6.07, 6.45) is -0.339. The number of carbonyl (C=O) groups excluding carboxylic acids is 2. The molecule has 2 unspecified atom stereocenters. The third kappa shape index (κ3) is 3.59. The molecule has 9 heteroatoms. The van der Waals surface area contributed by atoms with Crippen LogP contribution in [0.5, 0.6) is 0 Å². The van der Waals surface area contributed by atoms with Crippen LogP contribution in [0.15, 0.2) is 0 Å². The number of carboxylic acid groups (broad SMARTS) is 2. The molecule has 1 saturated heterocycles. The van der Waals surface area contributed by atoms with E-state index in [1.165, 1.54) is 4.90 Å². The average Bonchev–Trinajstić information content (AvgIpc) is 2.71. The van der Waals surface area contributed by atoms with Gasteiger partial charge < -0.3 is 26.2 Å². The first-order valence-corrected chi connectivity index (χ1v) is 5.95. The lowest BCUT2D eigenvalue weighted by molar-refractivity contribution is -0.145. The minimum absolute atomic E-state index is 0.0770. The van der Waals surface area contributed by atoms with Gasteiger partial charge in [-0.15, -0.1) is 0 Å². The number of rotatable bonds is 5. The molecule has 3 amide bonds. The number of nitrogens with zero attached hydrogens (tertiary/aromatic N) is 1. The third-order valence-electron chi connectivity index (χ3n) is 3.33. The van der Waals surface area contributed by atoms with Crippen LogP contribution < -0.4 is 11.1 Å². The van der Waals surface area contributed by atoms with Crippen molar-refractivity contribution in [3.63, 3.8) is 0 Å². The summed E-state index contributed by atoms with van der Waals surface area (Å²) >= 11 is 0. The number of aliphatic carboxylic acids is 2. The highest BCUT2D eigenvalue weighted by Gasteiger charge is 2.41. The smallest absolute Gasteiger partial charge is 0.326 e. The van der Waals surface area contributed by atoms with Crippen LogP contribution in [0.4, 0.5) is 4.79 Å². The molecular weight excluding hydrogens is 270 g/mol. The topological polar surface area (TPSA) is 150 Å². The first kappa shape index (κ1) is 15.7.